The zero-order chi connectivity index (χ0) is 18.7. The van der Waals surface area contributed by atoms with Crippen molar-refractivity contribution in [3.63, 3.8) is 0 Å². The molecular formula is C18H22N4O3S. The van der Waals surface area contributed by atoms with Crippen LogP contribution in [0.1, 0.15) is 22.5 Å². The molecule has 138 valence electrons. The van der Waals surface area contributed by atoms with Crippen molar-refractivity contribution in [2.24, 2.45) is 0 Å². The molecule has 0 aliphatic carbocycles. The number of hydrogen-bond donors (Lipinski definition) is 0. The first-order valence-electron chi connectivity index (χ1n) is 8.50. The van der Waals surface area contributed by atoms with E-state index >= 15 is 0 Å². The molecular weight excluding hydrogens is 352 g/mol. The maximum absolute atomic E-state index is 12.7. The minimum atomic E-state index is -3.22. The van der Waals surface area contributed by atoms with Crippen molar-refractivity contribution < 1.29 is 13.2 Å². The van der Waals surface area contributed by atoms with Crippen molar-refractivity contribution in [2.45, 2.75) is 13.3 Å². The zero-order valence-electron chi connectivity index (χ0n) is 14.9. The molecule has 8 heteroatoms. The summed E-state index contributed by atoms with van der Waals surface area (Å²) in [5.41, 5.74) is 3.09. The fourth-order valence-corrected chi connectivity index (χ4v) is 3.82. The topological polar surface area (TPSA) is 83.5 Å². The number of amides is 1. The van der Waals surface area contributed by atoms with Gasteiger partial charge in [0.05, 0.1) is 17.6 Å². The molecule has 0 saturated carbocycles. The van der Waals surface area contributed by atoms with E-state index in [0.29, 0.717) is 38.2 Å². The van der Waals surface area contributed by atoms with Crippen LogP contribution in [0, 0.1) is 6.92 Å². The predicted octanol–water partition coefficient (Wildman–Crippen LogP) is 1.56. The summed E-state index contributed by atoms with van der Waals surface area (Å²) >= 11 is 0. The lowest BCUT2D eigenvalue weighted by Crippen LogP contribution is -2.36. The van der Waals surface area contributed by atoms with Gasteiger partial charge in [0.25, 0.3) is 5.91 Å². The summed E-state index contributed by atoms with van der Waals surface area (Å²) in [7, 11) is -3.22. The van der Waals surface area contributed by atoms with Gasteiger partial charge in [0, 0.05) is 37.3 Å². The second-order valence-corrected chi connectivity index (χ2v) is 8.43. The van der Waals surface area contributed by atoms with E-state index < -0.39 is 10.0 Å². The molecule has 0 bridgehead atoms. The number of sulfonamides is 1. The van der Waals surface area contributed by atoms with Crippen LogP contribution < -0.4 is 0 Å². The van der Waals surface area contributed by atoms with Gasteiger partial charge in [-0.15, -0.1) is 0 Å². The number of hydrogen-bond acceptors (Lipinski definition) is 5. The van der Waals surface area contributed by atoms with E-state index in [9.17, 15) is 13.2 Å². The highest BCUT2D eigenvalue weighted by Crippen LogP contribution is 2.18. The maximum atomic E-state index is 12.7. The Labute approximate surface area is 153 Å². The number of rotatable bonds is 3. The molecule has 0 unspecified atom stereocenters. The van der Waals surface area contributed by atoms with E-state index in [0.717, 1.165) is 17.0 Å². The molecule has 1 aliphatic rings. The predicted molar refractivity (Wildman–Crippen MR) is 99.1 cm³/mol. The van der Waals surface area contributed by atoms with Crippen LogP contribution in [-0.2, 0) is 10.0 Å². The van der Waals surface area contributed by atoms with Crippen LogP contribution in [-0.4, -0.2) is 66.2 Å². The number of carbonyl (C=O) groups is 1. The molecule has 2 aromatic rings. The van der Waals surface area contributed by atoms with Gasteiger partial charge in [0.1, 0.15) is 0 Å². The van der Waals surface area contributed by atoms with E-state index in [4.69, 9.17) is 0 Å². The van der Waals surface area contributed by atoms with E-state index in [1.807, 2.05) is 31.2 Å². The Hall–Kier alpha value is -2.32. The molecule has 1 aliphatic heterocycles. The molecule has 1 aromatic carbocycles. The van der Waals surface area contributed by atoms with Crippen LogP contribution >= 0.6 is 0 Å². The zero-order valence-corrected chi connectivity index (χ0v) is 15.7. The van der Waals surface area contributed by atoms with Gasteiger partial charge in [-0.2, -0.15) is 10.2 Å². The Morgan fingerprint density at radius 2 is 1.69 bits per heavy atom. The lowest BCUT2D eigenvalue weighted by atomic mass is 10.1. The van der Waals surface area contributed by atoms with Crippen LogP contribution in [0.15, 0.2) is 36.4 Å². The molecule has 0 N–H and O–H groups in total. The van der Waals surface area contributed by atoms with E-state index in [2.05, 4.69) is 10.2 Å². The van der Waals surface area contributed by atoms with Crippen LogP contribution in [0.2, 0.25) is 0 Å². The molecule has 7 nitrogen and oxygen atoms in total. The van der Waals surface area contributed by atoms with Crippen LogP contribution in [0.25, 0.3) is 11.3 Å². The SMILES string of the molecule is Cc1ccc(-c2ccc(C(=O)N3CCCN(S(C)(=O)=O)CC3)cc2)nn1. The highest BCUT2D eigenvalue weighted by atomic mass is 32.2. The third-order valence-electron chi connectivity index (χ3n) is 4.44. The first kappa shape index (κ1) is 18.5. The lowest BCUT2D eigenvalue weighted by Gasteiger charge is -2.21. The monoisotopic (exact) mass is 374 g/mol. The summed E-state index contributed by atoms with van der Waals surface area (Å²) in [5, 5.41) is 8.19. The second kappa shape index (κ2) is 7.51. The van der Waals surface area contributed by atoms with Crippen molar-refractivity contribution >= 4 is 15.9 Å². The average Bonchev–Trinajstić information content (AvgIpc) is 2.88. The Bertz CT molecular complexity index is 880. The Morgan fingerprint density at radius 3 is 2.31 bits per heavy atom. The number of benzene rings is 1. The van der Waals surface area contributed by atoms with Crippen molar-refractivity contribution in [1.82, 2.24) is 19.4 Å². The van der Waals surface area contributed by atoms with Gasteiger partial charge >= 0.3 is 0 Å². The highest BCUT2D eigenvalue weighted by molar-refractivity contribution is 7.88. The van der Waals surface area contributed by atoms with Crippen molar-refractivity contribution in [1.29, 1.82) is 0 Å². The molecule has 1 fully saturated rings. The van der Waals surface area contributed by atoms with Crippen LogP contribution in [0.3, 0.4) is 0 Å². The third-order valence-corrected chi connectivity index (χ3v) is 5.74. The number of aromatic nitrogens is 2. The third kappa shape index (κ3) is 4.25. The molecule has 0 spiro atoms. The molecule has 1 aromatic heterocycles. The minimum absolute atomic E-state index is 0.0816. The Kier molecular flexibility index (Phi) is 5.33. The van der Waals surface area contributed by atoms with Gasteiger partial charge in [-0.05, 0) is 37.6 Å². The standard InChI is InChI=1S/C18H22N4O3S/c1-14-4-9-17(20-19-14)15-5-7-16(8-6-15)18(23)21-10-3-11-22(13-12-21)26(2,24)25/h4-9H,3,10-13H2,1-2H3. The highest BCUT2D eigenvalue weighted by Gasteiger charge is 2.24. The first-order chi connectivity index (χ1) is 12.3. The summed E-state index contributed by atoms with van der Waals surface area (Å²) in [6.07, 6.45) is 1.84. The van der Waals surface area contributed by atoms with E-state index in [1.54, 1.807) is 17.0 Å². The van der Waals surface area contributed by atoms with Crippen LogP contribution in [0.4, 0.5) is 0 Å². The minimum Gasteiger partial charge on any atom is -0.337 e. The van der Waals surface area contributed by atoms with Gasteiger partial charge in [-0.3, -0.25) is 4.79 Å². The first-order valence-corrected chi connectivity index (χ1v) is 10.3. The summed E-state index contributed by atoms with van der Waals surface area (Å²) < 4.78 is 24.8. The van der Waals surface area contributed by atoms with Crippen LogP contribution in [0.5, 0.6) is 0 Å². The molecule has 3 rings (SSSR count). The Morgan fingerprint density at radius 1 is 0.962 bits per heavy atom. The van der Waals surface area contributed by atoms with Crippen molar-refractivity contribution in [2.75, 3.05) is 32.4 Å². The summed E-state index contributed by atoms with van der Waals surface area (Å²) in [4.78, 5) is 14.4. The van der Waals surface area contributed by atoms with E-state index in [1.165, 1.54) is 10.6 Å². The summed E-state index contributed by atoms with van der Waals surface area (Å²) in [5.74, 6) is -0.0816. The fraction of sp³-hybridized carbons (Fsp3) is 0.389. The molecule has 2 heterocycles. The largest absolute Gasteiger partial charge is 0.337 e. The number of nitrogens with zero attached hydrogens (tertiary/aromatic N) is 4. The van der Waals surface area contributed by atoms with Gasteiger partial charge in [0.15, 0.2) is 0 Å². The average molecular weight is 374 g/mol. The molecule has 1 saturated heterocycles. The van der Waals surface area contributed by atoms with Crippen molar-refractivity contribution in [3.05, 3.63) is 47.7 Å². The normalized spacial score (nSPS) is 16.3. The Balaban J connectivity index is 1.71. The molecule has 0 radical (unpaired) electrons. The fourth-order valence-electron chi connectivity index (χ4n) is 2.95. The number of carbonyl (C=O) groups excluding carboxylic acids is 1. The quantitative estimate of drug-likeness (QED) is 0.814. The van der Waals surface area contributed by atoms with Gasteiger partial charge < -0.3 is 4.90 Å². The maximum Gasteiger partial charge on any atom is 0.253 e. The summed E-state index contributed by atoms with van der Waals surface area (Å²) in [6, 6.07) is 11.1. The molecule has 1 amide bonds. The molecule has 26 heavy (non-hydrogen) atoms. The molecule has 0 atom stereocenters. The van der Waals surface area contributed by atoms with Gasteiger partial charge in [0.2, 0.25) is 10.0 Å². The van der Waals surface area contributed by atoms with Gasteiger partial charge in [-0.1, -0.05) is 12.1 Å². The smallest absolute Gasteiger partial charge is 0.253 e. The number of aryl methyl sites for hydroxylation is 1. The second-order valence-electron chi connectivity index (χ2n) is 6.45. The van der Waals surface area contributed by atoms with E-state index in [-0.39, 0.29) is 5.91 Å². The van der Waals surface area contributed by atoms with Gasteiger partial charge in [-0.25, -0.2) is 12.7 Å². The lowest BCUT2D eigenvalue weighted by molar-refractivity contribution is 0.0764. The summed E-state index contributed by atoms with van der Waals surface area (Å²) in [6.45, 7) is 3.62. The van der Waals surface area contributed by atoms with Crippen molar-refractivity contribution in [3.8, 4) is 11.3 Å².